The summed E-state index contributed by atoms with van der Waals surface area (Å²) in [5.41, 5.74) is 1.28. The number of rotatable bonds is 7. The minimum Gasteiger partial charge on any atom is -0.494 e. The zero-order valence-electron chi connectivity index (χ0n) is 11.9. The van der Waals surface area contributed by atoms with Crippen molar-refractivity contribution < 1.29 is 4.74 Å². The van der Waals surface area contributed by atoms with Gasteiger partial charge in [-0.3, -0.25) is 0 Å². The SMILES string of the molecule is CCNC(Cc1sccc1Br)c1cccc(OCC)c1. The number of likely N-dealkylation sites (N-methyl/N-ethyl adjacent to an activating group) is 1. The molecule has 0 aliphatic carbocycles. The first-order chi connectivity index (χ1) is 9.74. The van der Waals surface area contributed by atoms with Gasteiger partial charge in [-0.25, -0.2) is 0 Å². The second kappa shape index (κ2) is 7.81. The average Bonchev–Trinajstić information content (AvgIpc) is 2.85. The third-order valence-corrected chi connectivity index (χ3v) is 5.05. The molecule has 108 valence electrons. The highest BCUT2D eigenvalue weighted by Gasteiger charge is 2.14. The van der Waals surface area contributed by atoms with Gasteiger partial charge in [-0.2, -0.15) is 0 Å². The predicted molar refractivity (Wildman–Crippen MR) is 89.8 cm³/mol. The van der Waals surface area contributed by atoms with E-state index in [1.807, 2.05) is 13.0 Å². The Hall–Kier alpha value is -0.840. The zero-order chi connectivity index (χ0) is 14.4. The molecular formula is C16H20BrNOS. The largest absolute Gasteiger partial charge is 0.494 e. The van der Waals surface area contributed by atoms with Crippen LogP contribution >= 0.6 is 27.3 Å². The highest BCUT2D eigenvalue weighted by Crippen LogP contribution is 2.29. The van der Waals surface area contributed by atoms with E-state index in [0.717, 1.165) is 18.7 Å². The van der Waals surface area contributed by atoms with Crippen LogP contribution in [0.1, 0.15) is 30.3 Å². The molecule has 0 amide bonds. The zero-order valence-corrected chi connectivity index (χ0v) is 14.3. The van der Waals surface area contributed by atoms with Gasteiger partial charge in [0.15, 0.2) is 0 Å². The Balaban J connectivity index is 2.19. The van der Waals surface area contributed by atoms with Crippen molar-refractivity contribution in [3.63, 3.8) is 0 Å². The van der Waals surface area contributed by atoms with E-state index < -0.39 is 0 Å². The summed E-state index contributed by atoms with van der Waals surface area (Å²) in [4.78, 5) is 1.37. The third kappa shape index (κ3) is 4.08. The van der Waals surface area contributed by atoms with Crippen LogP contribution in [0, 0.1) is 0 Å². The molecule has 0 aliphatic heterocycles. The fourth-order valence-corrected chi connectivity index (χ4v) is 3.76. The predicted octanol–water partition coefficient (Wildman–Crippen LogP) is 4.80. The summed E-state index contributed by atoms with van der Waals surface area (Å²) in [5, 5.41) is 5.69. The molecule has 2 rings (SSSR count). The number of benzene rings is 1. The van der Waals surface area contributed by atoms with E-state index in [-0.39, 0.29) is 0 Å². The van der Waals surface area contributed by atoms with Crippen LogP contribution < -0.4 is 10.1 Å². The minimum atomic E-state index is 0.315. The molecule has 0 saturated carbocycles. The smallest absolute Gasteiger partial charge is 0.119 e. The lowest BCUT2D eigenvalue weighted by molar-refractivity contribution is 0.339. The molecule has 1 heterocycles. The van der Waals surface area contributed by atoms with Crippen molar-refractivity contribution in [2.75, 3.05) is 13.2 Å². The molecule has 0 bridgehead atoms. The fourth-order valence-electron chi connectivity index (χ4n) is 2.20. The van der Waals surface area contributed by atoms with Crippen LogP contribution in [0.15, 0.2) is 40.2 Å². The van der Waals surface area contributed by atoms with Crippen molar-refractivity contribution in [2.45, 2.75) is 26.3 Å². The van der Waals surface area contributed by atoms with Crippen molar-refractivity contribution in [1.82, 2.24) is 5.32 Å². The van der Waals surface area contributed by atoms with Crippen LogP contribution in [-0.4, -0.2) is 13.2 Å². The Morgan fingerprint density at radius 3 is 2.80 bits per heavy atom. The molecule has 1 atom stereocenters. The summed E-state index contributed by atoms with van der Waals surface area (Å²) in [6.07, 6.45) is 0.988. The van der Waals surface area contributed by atoms with Gasteiger partial charge in [0.2, 0.25) is 0 Å². The second-order valence-corrected chi connectivity index (χ2v) is 6.37. The van der Waals surface area contributed by atoms with Gasteiger partial charge in [-0.15, -0.1) is 11.3 Å². The molecule has 1 N–H and O–H groups in total. The van der Waals surface area contributed by atoms with Crippen molar-refractivity contribution in [3.05, 3.63) is 50.6 Å². The van der Waals surface area contributed by atoms with Crippen LogP contribution in [0.2, 0.25) is 0 Å². The summed E-state index contributed by atoms with van der Waals surface area (Å²) in [6.45, 7) is 5.80. The van der Waals surface area contributed by atoms with Gasteiger partial charge in [-0.05, 0) is 58.5 Å². The van der Waals surface area contributed by atoms with Crippen molar-refractivity contribution in [3.8, 4) is 5.75 Å². The normalized spacial score (nSPS) is 12.3. The van der Waals surface area contributed by atoms with Crippen molar-refractivity contribution in [2.24, 2.45) is 0 Å². The van der Waals surface area contributed by atoms with E-state index in [1.54, 1.807) is 11.3 Å². The van der Waals surface area contributed by atoms with Crippen LogP contribution in [0.25, 0.3) is 0 Å². The number of hydrogen-bond donors (Lipinski definition) is 1. The molecule has 0 radical (unpaired) electrons. The lowest BCUT2D eigenvalue weighted by Gasteiger charge is -2.19. The number of halogens is 1. The van der Waals surface area contributed by atoms with Crippen LogP contribution in [0.3, 0.4) is 0 Å². The van der Waals surface area contributed by atoms with Crippen LogP contribution in [0.5, 0.6) is 5.75 Å². The van der Waals surface area contributed by atoms with Gasteiger partial charge in [-0.1, -0.05) is 19.1 Å². The van der Waals surface area contributed by atoms with Gasteiger partial charge < -0.3 is 10.1 Å². The molecular weight excluding hydrogens is 334 g/mol. The summed E-state index contributed by atoms with van der Waals surface area (Å²) >= 11 is 5.41. The monoisotopic (exact) mass is 353 g/mol. The maximum Gasteiger partial charge on any atom is 0.119 e. The lowest BCUT2D eigenvalue weighted by atomic mass is 10.0. The molecule has 0 spiro atoms. The highest BCUT2D eigenvalue weighted by atomic mass is 79.9. The maximum atomic E-state index is 5.60. The van der Waals surface area contributed by atoms with Gasteiger partial charge in [0.1, 0.15) is 5.75 Å². The number of hydrogen-bond acceptors (Lipinski definition) is 3. The van der Waals surface area contributed by atoms with Gasteiger partial charge >= 0.3 is 0 Å². The maximum absolute atomic E-state index is 5.60. The first-order valence-corrected chi connectivity index (χ1v) is 8.59. The summed E-state index contributed by atoms with van der Waals surface area (Å²) in [5.74, 6) is 0.943. The van der Waals surface area contributed by atoms with Gasteiger partial charge in [0.05, 0.1) is 6.61 Å². The summed E-state index contributed by atoms with van der Waals surface area (Å²) < 4.78 is 6.80. The fraction of sp³-hybridized carbons (Fsp3) is 0.375. The molecule has 20 heavy (non-hydrogen) atoms. The van der Waals surface area contributed by atoms with E-state index in [1.165, 1.54) is 14.9 Å². The van der Waals surface area contributed by atoms with E-state index in [4.69, 9.17) is 4.74 Å². The number of thiophene rings is 1. The first-order valence-electron chi connectivity index (χ1n) is 6.92. The Bertz CT molecular complexity index is 541. The molecule has 1 aromatic carbocycles. The van der Waals surface area contributed by atoms with Crippen LogP contribution in [0.4, 0.5) is 0 Å². The van der Waals surface area contributed by atoms with E-state index in [9.17, 15) is 0 Å². The van der Waals surface area contributed by atoms with Crippen molar-refractivity contribution in [1.29, 1.82) is 0 Å². The highest BCUT2D eigenvalue weighted by molar-refractivity contribution is 9.10. The first kappa shape index (κ1) is 15.5. The average molecular weight is 354 g/mol. The Labute approximate surface area is 133 Å². The molecule has 0 aliphatic rings. The van der Waals surface area contributed by atoms with E-state index in [2.05, 4.69) is 57.8 Å². The Morgan fingerprint density at radius 1 is 1.30 bits per heavy atom. The van der Waals surface area contributed by atoms with Crippen LogP contribution in [-0.2, 0) is 6.42 Å². The third-order valence-electron chi connectivity index (χ3n) is 3.10. The molecule has 0 saturated heterocycles. The Morgan fingerprint density at radius 2 is 2.15 bits per heavy atom. The quantitative estimate of drug-likeness (QED) is 0.771. The lowest BCUT2D eigenvalue weighted by Crippen LogP contribution is -2.22. The molecule has 2 aromatic rings. The minimum absolute atomic E-state index is 0.315. The number of nitrogens with one attached hydrogen (secondary N) is 1. The van der Waals surface area contributed by atoms with E-state index >= 15 is 0 Å². The summed E-state index contributed by atoms with van der Waals surface area (Å²) in [7, 11) is 0. The van der Waals surface area contributed by atoms with Gasteiger partial charge in [0, 0.05) is 21.8 Å². The standard InChI is InChI=1S/C16H20BrNOS/c1-3-18-15(11-16-14(17)8-9-20-16)12-6-5-7-13(10-12)19-4-2/h5-10,15,18H,3-4,11H2,1-2H3. The number of ether oxygens (including phenoxy) is 1. The molecule has 4 heteroatoms. The van der Waals surface area contributed by atoms with Crippen molar-refractivity contribution >= 4 is 27.3 Å². The van der Waals surface area contributed by atoms with E-state index in [0.29, 0.717) is 12.6 Å². The molecule has 2 nitrogen and oxygen atoms in total. The molecule has 1 unspecified atom stereocenters. The Kier molecular flexibility index (Phi) is 6.07. The topological polar surface area (TPSA) is 21.3 Å². The molecule has 1 aromatic heterocycles. The van der Waals surface area contributed by atoms with Gasteiger partial charge in [0.25, 0.3) is 0 Å². The summed E-state index contributed by atoms with van der Waals surface area (Å²) in [6, 6.07) is 10.8. The second-order valence-electron chi connectivity index (χ2n) is 4.51. The molecule has 0 fully saturated rings.